The minimum atomic E-state index is -0.992. The number of carbonyl (C=O) groups excluding carboxylic acids is 4. The van der Waals surface area contributed by atoms with E-state index in [0.717, 1.165) is 24.8 Å². The molecule has 11 nitrogen and oxygen atoms in total. The van der Waals surface area contributed by atoms with E-state index in [0.29, 0.717) is 30.3 Å². The molecule has 3 N–H and O–H groups in total. The molecule has 1 aliphatic heterocycles. The molecule has 0 unspecified atom stereocenters. The van der Waals surface area contributed by atoms with Crippen LogP contribution < -0.4 is 20.7 Å². The molecule has 0 bridgehead atoms. The average Bonchev–Trinajstić information content (AvgIpc) is 3.49. The van der Waals surface area contributed by atoms with Gasteiger partial charge in [0.25, 0.3) is 5.91 Å². The SMILES string of the molecule is COc1ccc(C[C@H](NC(=O)[C@@H](C)NC(=O)c2oncc2C)C(=O)N[C@@H](CCC2CCCC2)C(=O)[C@H]2CO2)cc1. The summed E-state index contributed by atoms with van der Waals surface area (Å²) in [7, 11) is 1.56. The van der Waals surface area contributed by atoms with E-state index in [1.807, 2.05) is 12.1 Å². The Morgan fingerprint density at radius 1 is 1.02 bits per heavy atom. The first-order chi connectivity index (χ1) is 19.2. The zero-order valence-corrected chi connectivity index (χ0v) is 23.2. The number of ketones is 1. The van der Waals surface area contributed by atoms with Crippen LogP contribution in [0.3, 0.4) is 0 Å². The van der Waals surface area contributed by atoms with Gasteiger partial charge in [-0.3, -0.25) is 19.2 Å². The summed E-state index contributed by atoms with van der Waals surface area (Å²) in [6.45, 7) is 3.55. The zero-order valence-electron chi connectivity index (χ0n) is 23.2. The molecule has 1 saturated heterocycles. The first-order valence-corrected chi connectivity index (χ1v) is 13.9. The topological polar surface area (TPSA) is 152 Å². The Kier molecular flexibility index (Phi) is 9.92. The molecule has 2 heterocycles. The molecule has 0 radical (unpaired) electrons. The molecule has 1 aromatic heterocycles. The molecule has 2 aliphatic rings. The number of methoxy groups -OCH3 is 1. The van der Waals surface area contributed by atoms with Crippen LogP contribution in [0.25, 0.3) is 0 Å². The Morgan fingerprint density at radius 3 is 2.30 bits per heavy atom. The first kappa shape index (κ1) is 29.3. The lowest BCUT2D eigenvalue weighted by Gasteiger charge is -2.25. The standard InChI is InChI=1S/C29H38N4O7/c1-17-15-30-40-26(17)29(37)31-18(2)27(35)33-23(14-20-8-11-21(38-3)12-9-20)28(36)32-22(25(34)24-16-39-24)13-10-19-6-4-5-7-19/h8-9,11-12,15,18-19,22-24H,4-7,10,13-14,16H2,1-3H3,(H,31,37)(H,32,36)(H,33,35)/t18-,22+,23+,24-/m1/s1. The van der Waals surface area contributed by atoms with Gasteiger partial charge < -0.3 is 29.9 Å². The second-order valence-corrected chi connectivity index (χ2v) is 10.7. The van der Waals surface area contributed by atoms with Gasteiger partial charge in [-0.2, -0.15) is 0 Å². The van der Waals surface area contributed by atoms with Crippen LogP contribution in [0, 0.1) is 12.8 Å². The van der Waals surface area contributed by atoms with Crippen molar-refractivity contribution in [1.82, 2.24) is 21.1 Å². The van der Waals surface area contributed by atoms with Gasteiger partial charge in [-0.25, -0.2) is 0 Å². The van der Waals surface area contributed by atoms with E-state index in [1.54, 1.807) is 26.2 Å². The summed E-state index contributed by atoms with van der Waals surface area (Å²) in [5.74, 6) is -0.523. The van der Waals surface area contributed by atoms with Gasteiger partial charge in [0.05, 0.1) is 26.0 Å². The van der Waals surface area contributed by atoms with Gasteiger partial charge in [-0.05, 0) is 50.3 Å². The predicted octanol–water partition coefficient (Wildman–Crippen LogP) is 2.26. The normalized spacial score (nSPS) is 18.8. The van der Waals surface area contributed by atoms with E-state index in [2.05, 4.69) is 21.1 Å². The minimum Gasteiger partial charge on any atom is -0.497 e. The molecule has 1 aromatic carbocycles. The number of carbonyl (C=O) groups is 4. The molecule has 1 saturated carbocycles. The van der Waals surface area contributed by atoms with Crippen LogP contribution in [0.1, 0.15) is 67.1 Å². The van der Waals surface area contributed by atoms with Gasteiger partial charge in [0.1, 0.15) is 23.9 Å². The van der Waals surface area contributed by atoms with E-state index in [9.17, 15) is 19.2 Å². The molecule has 4 atom stereocenters. The van der Waals surface area contributed by atoms with Crippen molar-refractivity contribution in [2.45, 2.75) is 83.0 Å². The third-order valence-corrected chi connectivity index (χ3v) is 7.58. The average molecular weight is 555 g/mol. The Morgan fingerprint density at radius 2 is 1.70 bits per heavy atom. The van der Waals surface area contributed by atoms with Gasteiger partial charge in [0.15, 0.2) is 5.78 Å². The number of epoxide rings is 1. The summed E-state index contributed by atoms with van der Waals surface area (Å²) in [4.78, 5) is 52.2. The fourth-order valence-corrected chi connectivity index (χ4v) is 5.04. The molecule has 0 spiro atoms. The number of nitrogens with zero attached hydrogens (tertiary/aromatic N) is 1. The summed E-state index contributed by atoms with van der Waals surface area (Å²) in [5, 5.41) is 11.8. The highest BCUT2D eigenvalue weighted by molar-refractivity contribution is 5.98. The Balaban J connectivity index is 1.45. The molecule has 2 fully saturated rings. The van der Waals surface area contributed by atoms with Crippen LogP contribution in [-0.4, -0.2) is 66.6 Å². The zero-order chi connectivity index (χ0) is 28.6. The molecular formula is C29H38N4O7. The van der Waals surface area contributed by atoms with Crippen LogP contribution >= 0.6 is 0 Å². The van der Waals surface area contributed by atoms with Crippen molar-refractivity contribution >= 4 is 23.5 Å². The van der Waals surface area contributed by atoms with E-state index < -0.39 is 42.0 Å². The number of amides is 3. The van der Waals surface area contributed by atoms with Crippen molar-refractivity contribution in [3.63, 3.8) is 0 Å². The number of hydrogen-bond donors (Lipinski definition) is 3. The monoisotopic (exact) mass is 554 g/mol. The smallest absolute Gasteiger partial charge is 0.290 e. The summed E-state index contributed by atoms with van der Waals surface area (Å²) in [5.41, 5.74) is 1.32. The maximum Gasteiger partial charge on any atom is 0.290 e. The van der Waals surface area contributed by atoms with E-state index >= 15 is 0 Å². The lowest BCUT2D eigenvalue weighted by molar-refractivity contribution is -0.132. The van der Waals surface area contributed by atoms with Crippen molar-refractivity contribution in [3.05, 3.63) is 47.3 Å². The molecule has 4 rings (SSSR count). The third kappa shape index (κ3) is 7.91. The third-order valence-electron chi connectivity index (χ3n) is 7.58. The number of nitrogens with one attached hydrogen (secondary N) is 3. The van der Waals surface area contributed by atoms with Gasteiger partial charge >= 0.3 is 0 Å². The molecular weight excluding hydrogens is 516 g/mol. The number of rotatable bonds is 14. The van der Waals surface area contributed by atoms with Crippen molar-refractivity contribution in [2.75, 3.05) is 13.7 Å². The lowest BCUT2D eigenvalue weighted by atomic mass is 9.95. The highest BCUT2D eigenvalue weighted by Gasteiger charge is 2.38. The highest BCUT2D eigenvalue weighted by atomic mass is 16.6. The van der Waals surface area contributed by atoms with E-state index in [-0.39, 0.29) is 18.0 Å². The largest absolute Gasteiger partial charge is 0.497 e. The summed E-state index contributed by atoms with van der Waals surface area (Å²) < 4.78 is 15.4. The number of Topliss-reactive ketones (excluding diaryl/α,β-unsaturated/α-hetero) is 1. The second-order valence-electron chi connectivity index (χ2n) is 10.7. The van der Waals surface area contributed by atoms with Gasteiger partial charge in [-0.1, -0.05) is 43.0 Å². The fraction of sp³-hybridized carbons (Fsp3) is 0.552. The minimum absolute atomic E-state index is 0.0121. The maximum atomic E-state index is 13.6. The van der Waals surface area contributed by atoms with E-state index in [1.165, 1.54) is 26.0 Å². The molecule has 2 aromatic rings. The van der Waals surface area contributed by atoms with Crippen molar-refractivity contribution in [1.29, 1.82) is 0 Å². The summed E-state index contributed by atoms with van der Waals surface area (Å²) in [6.07, 6.45) is 7.15. The molecule has 216 valence electrons. The highest BCUT2D eigenvalue weighted by Crippen LogP contribution is 2.29. The molecule has 1 aliphatic carbocycles. The van der Waals surface area contributed by atoms with Crippen LogP contribution in [0.15, 0.2) is 35.0 Å². The number of hydrogen-bond acceptors (Lipinski definition) is 8. The number of ether oxygens (including phenoxy) is 2. The van der Waals surface area contributed by atoms with E-state index in [4.69, 9.17) is 14.0 Å². The van der Waals surface area contributed by atoms with Crippen LogP contribution in [0.5, 0.6) is 5.75 Å². The fourth-order valence-electron chi connectivity index (χ4n) is 5.04. The molecule has 3 amide bonds. The van der Waals surface area contributed by atoms with Crippen LogP contribution in [-0.2, 0) is 25.5 Å². The maximum absolute atomic E-state index is 13.6. The van der Waals surface area contributed by atoms with Crippen LogP contribution in [0.2, 0.25) is 0 Å². The lowest BCUT2D eigenvalue weighted by Crippen LogP contribution is -2.56. The number of aryl methyl sites for hydroxylation is 1. The van der Waals surface area contributed by atoms with Crippen LogP contribution in [0.4, 0.5) is 0 Å². The number of benzene rings is 1. The van der Waals surface area contributed by atoms with Gasteiger partial charge in [0.2, 0.25) is 17.6 Å². The predicted molar refractivity (Wildman–Crippen MR) is 145 cm³/mol. The summed E-state index contributed by atoms with van der Waals surface area (Å²) in [6, 6.07) is 4.51. The molecule has 11 heteroatoms. The second kappa shape index (κ2) is 13.6. The quantitative estimate of drug-likeness (QED) is 0.301. The Hall–Kier alpha value is -3.73. The number of aromatic nitrogens is 1. The van der Waals surface area contributed by atoms with Gasteiger partial charge in [0, 0.05) is 12.0 Å². The van der Waals surface area contributed by atoms with Crippen molar-refractivity contribution in [2.24, 2.45) is 5.92 Å². The Bertz CT molecular complexity index is 1190. The Labute approximate surface area is 233 Å². The first-order valence-electron chi connectivity index (χ1n) is 13.9. The molecule has 40 heavy (non-hydrogen) atoms. The van der Waals surface area contributed by atoms with Crippen molar-refractivity contribution < 1.29 is 33.2 Å². The van der Waals surface area contributed by atoms with Crippen molar-refractivity contribution in [3.8, 4) is 5.75 Å². The summed E-state index contributed by atoms with van der Waals surface area (Å²) >= 11 is 0. The van der Waals surface area contributed by atoms with Gasteiger partial charge in [-0.15, -0.1) is 0 Å².